The molecule has 6 rings (SSSR count). The molecule has 9 heteroatoms. The zero-order chi connectivity index (χ0) is 32.3. The highest BCUT2D eigenvalue weighted by molar-refractivity contribution is 6.24. The fourth-order valence-corrected chi connectivity index (χ4v) is 7.15. The van der Waals surface area contributed by atoms with Gasteiger partial charge in [-0.1, -0.05) is 26.5 Å². The second kappa shape index (κ2) is 11.3. The molecule has 45 heavy (non-hydrogen) atoms. The van der Waals surface area contributed by atoms with E-state index in [0.29, 0.717) is 29.0 Å². The number of fused-ring (bicyclic) bond motifs is 5. The summed E-state index contributed by atoms with van der Waals surface area (Å²) in [4.78, 5) is 40.7. The van der Waals surface area contributed by atoms with Crippen LogP contribution >= 0.6 is 0 Å². The highest BCUT2D eigenvalue weighted by Crippen LogP contribution is 2.49. The van der Waals surface area contributed by atoms with Gasteiger partial charge in [0.05, 0.1) is 48.4 Å². The molecule has 0 saturated carbocycles. The van der Waals surface area contributed by atoms with Crippen LogP contribution in [0.4, 0.5) is 0 Å². The number of aliphatic hydroxyl groups excluding tert-OH is 1. The lowest BCUT2D eigenvalue weighted by atomic mass is 9.84. The zero-order valence-corrected chi connectivity index (χ0v) is 26.8. The molecule has 9 nitrogen and oxygen atoms in total. The Bertz CT molecular complexity index is 1830. The Labute approximate surface area is 263 Å². The minimum Gasteiger partial charge on any atom is -0.510 e. The number of hydrogen-bond donors (Lipinski definition) is 2. The van der Waals surface area contributed by atoms with Crippen LogP contribution in [-0.2, 0) is 19.1 Å². The van der Waals surface area contributed by atoms with Crippen molar-refractivity contribution >= 4 is 29.1 Å². The highest BCUT2D eigenvalue weighted by Gasteiger charge is 2.49. The average Bonchev–Trinajstić information content (AvgIpc) is 3.76. The van der Waals surface area contributed by atoms with E-state index in [1.165, 1.54) is 14.2 Å². The number of rotatable bonds is 6. The number of nitrogens with zero attached hydrogens (tertiary/aromatic N) is 3. The third-order valence-electron chi connectivity index (χ3n) is 9.75. The van der Waals surface area contributed by atoms with Gasteiger partial charge in [-0.25, -0.2) is 15.0 Å². The fraction of sp³-hybridized carbons (Fsp3) is 0.361. The number of aliphatic hydroxyl groups is 1. The quantitative estimate of drug-likeness (QED) is 0.348. The Morgan fingerprint density at radius 3 is 2.38 bits per heavy atom. The van der Waals surface area contributed by atoms with Crippen molar-refractivity contribution in [2.45, 2.75) is 53.9 Å². The summed E-state index contributed by atoms with van der Waals surface area (Å²) < 4.78 is 10.2. The molecule has 1 fully saturated rings. The molecule has 3 atom stereocenters. The van der Waals surface area contributed by atoms with Gasteiger partial charge in [-0.05, 0) is 74.1 Å². The van der Waals surface area contributed by atoms with Crippen molar-refractivity contribution in [3.05, 3.63) is 104 Å². The van der Waals surface area contributed by atoms with Crippen molar-refractivity contribution in [1.82, 2.24) is 5.32 Å². The molecule has 0 aromatic heterocycles. The molecule has 0 unspecified atom stereocenters. The Morgan fingerprint density at radius 1 is 1.00 bits per heavy atom. The number of aliphatic imine (C=N–C) groups is 3. The van der Waals surface area contributed by atoms with E-state index in [4.69, 9.17) is 24.5 Å². The van der Waals surface area contributed by atoms with Gasteiger partial charge in [-0.3, -0.25) is 9.59 Å². The largest absolute Gasteiger partial charge is 0.510 e. The molecule has 0 aromatic carbocycles. The molecule has 1 saturated heterocycles. The first-order valence-corrected chi connectivity index (χ1v) is 15.3. The average molecular weight is 607 g/mol. The van der Waals surface area contributed by atoms with E-state index in [1.807, 2.05) is 38.2 Å². The number of methoxy groups -OCH3 is 2. The van der Waals surface area contributed by atoms with Crippen LogP contribution in [0.1, 0.15) is 53.9 Å². The summed E-state index contributed by atoms with van der Waals surface area (Å²) in [6, 6.07) is 0. The topological polar surface area (TPSA) is 122 Å². The molecule has 2 N–H and O–H groups in total. The van der Waals surface area contributed by atoms with Gasteiger partial charge < -0.3 is 19.9 Å². The number of hydrogen-bond acceptors (Lipinski definition) is 9. The van der Waals surface area contributed by atoms with Gasteiger partial charge in [0.1, 0.15) is 11.7 Å². The lowest BCUT2D eigenvalue weighted by molar-refractivity contribution is -0.143. The summed E-state index contributed by atoms with van der Waals surface area (Å²) in [7, 11) is 2.69. The van der Waals surface area contributed by atoms with Crippen LogP contribution in [0.5, 0.6) is 0 Å². The summed E-state index contributed by atoms with van der Waals surface area (Å²) in [5, 5.41) is 15.2. The summed E-state index contributed by atoms with van der Waals surface area (Å²) in [6.45, 7) is 14.3. The molecule has 8 bridgehead atoms. The van der Waals surface area contributed by atoms with Crippen LogP contribution < -0.4 is 5.32 Å². The minimum atomic E-state index is -1.06. The third-order valence-corrected chi connectivity index (χ3v) is 9.75. The number of esters is 2. The first-order chi connectivity index (χ1) is 21.5. The maximum atomic E-state index is 13.3. The normalized spacial score (nSPS) is 25.3. The van der Waals surface area contributed by atoms with Crippen molar-refractivity contribution in [3.63, 3.8) is 0 Å². The summed E-state index contributed by atoms with van der Waals surface area (Å²) in [5.74, 6) is -2.33. The molecule has 5 heterocycles. The van der Waals surface area contributed by atoms with Crippen LogP contribution in [0, 0.1) is 17.8 Å². The van der Waals surface area contributed by atoms with E-state index in [0.717, 1.165) is 68.5 Å². The SMILES string of the molecule is C=CC1=C(C)C2=NC1=CC1=NC(=CC3=C(C)C4=C(O)[C@@H](C(=O)OC)C(=C5NC(=C2)[C@@H](C)[C@H]5CCC(=O)OC)C4=N3)C(CC)=C1C. The first kappa shape index (κ1) is 30.2. The third kappa shape index (κ3) is 4.64. The van der Waals surface area contributed by atoms with E-state index in [9.17, 15) is 14.7 Å². The molecule has 5 aliphatic heterocycles. The fourth-order valence-electron chi connectivity index (χ4n) is 7.15. The standard InChI is InChI=1S/C36H38N4O5/c1-9-20-16(3)23-13-25-18(5)22(11-12-29(41)44-7)33(39-25)31-32(36(43)45-8)35(42)30-19(6)26(40-34(30)31)15-28-21(10-2)17(4)24(38-28)14-27(20)37-23/h9,13-15,18,22,32,39,42H,1,10-12H2,2-8H3/t18-,22+,32-/m0/s1. The highest BCUT2D eigenvalue weighted by atomic mass is 16.5. The predicted molar refractivity (Wildman–Crippen MR) is 174 cm³/mol. The number of carbonyl (C=O) groups excluding carboxylic acids is 2. The second-order valence-electron chi connectivity index (χ2n) is 12.0. The van der Waals surface area contributed by atoms with Crippen molar-refractivity contribution in [2.24, 2.45) is 32.7 Å². The maximum absolute atomic E-state index is 13.3. The van der Waals surface area contributed by atoms with Crippen LogP contribution in [0.25, 0.3) is 0 Å². The van der Waals surface area contributed by atoms with Crippen molar-refractivity contribution < 1.29 is 24.2 Å². The summed E-state index contributed by atoms with van der Waals surface area (Å²) >= 11 is 0. The molecule has 0 radical (unpaired) electrons. The Kier molecular flexibility index (Phi) is 7.59. The van der Waals surface area contributed by atoms with Gasteiger partial charge in [0.25, 0.3) is 0 Å². The van der Waals surface area contributed by atoms with E-state index < -0.39 is 11.9 Å². The minimum absolute atomic E-state index is 0.0802. The van der Waals surface area contributed by atoms with Gasteiger partial charge >= 0.3 is 11.9 Å². The van der Waals surface area contributed by atoms with Crippen LogP contribution in [0.2, 0.25) is 0 Å². The van der Waals surface area contributed by atoms with Crippen LogP contribution in [0.3, 0.4) is 0 Å². The molecule has 0 aromatic rings. The van der Waals surface area contributed by atoms with E-state index in [2.05, 4.69) is 32.7 Å². The van der Waals surface area contributed by atoms with Gasteiger partial charge in [0.2, 0.25) is 0 Å². The molecule has 6 aliphatic rings. The number of allylic oxidation sites excluding steroid dienone is 11. The summed E-state index contributed by atoms with van der Waals surface area (Å²) in [6.07, 6.45) is 9.25. The summed E-state index contributed by atoms with van der Waals surface area (Å²) in [5.41, 5.74) is 12.0. The van der Waals surface area contributed by atoms with Gasteiger partial charge in [0, 0.05) is 46.4 Å². The predicted octanol–water partition coefficient (Wildman–Crippen LogP) is 6.20. The van der Waals surface area contributed by atoms with Crippen molar-refractivity contribution in [3.8, 4) is 0 Å². The van der Waals surface area contributed by atoms with Crippen LogP contribution in [-0.4, -0.2) is 48.4 Å². The maximum Gasteiger partial charge on any atom is 0.321 e. The van der Waals surface area contributed by atoms with Crippen molar-refractivity contribution in [1.29, 1.82) is 0 Å². The number of carbonyl (C=O) groups is 2. The number of ether oxygens (including phenoxy) is 2. The Morgan fingerprint density at radius 2 is 1.71 bits per heavy atom. The van der Waals surface area contributed by atoms with E-state index in [-0.39, 0.29) is 30.0 Å². The smallest absolute Gasteiger partial charge is 0.321 e. The first-order valence-electron chi connectivity index (χ1n) is 15.3. The van der Waals surface area contributed by atoms with Gasteiger partial charge in [0.15, 0.2) is 0 Å². The lowest BCUT2D eigenvalue weighted by Crippen LogP contribution is -2.25. The number of nitrogens with one attached hydrogen (secondary N) is 1. The molecule has 1 aliphatic carbocycles. The van der Waals surface area contributed by atoms with E-state index in [1.54, 1.807) is 0 Å². The zero-order valence-electron chi connectivity index (χ0n) is 26.8. The van der Waals surface area contributed by atoms with Gasteiger partial charge in [-0.15, -0.1) is 0 Å². The molecule has 232 valence electrons. The Balaban J connectivity index is 1.66. The monoisotopic (exact) mass is 606 g/mol. The molecular formula is C36H38N4O5. The second-order valence-corrected chi connectivity index (χ2v) is 12.0. The molecule has 0 amide bonds. The van der Waals surface area contributed by atoms with Crippen LogP contribution in [0.15, 0.2) is 119 Å². The van der Waals surface area contributed by atoms with E-state index >= 15 is 0 Å². The lowest BCUT2D eigenvalue weighted by Gasteiger charge is -2.20. The molecular weight excluding hydrogens is 568 g/mol. The Hall–Kier alpha value is -4.79. The van der Waals surface area contributed by atoms with Crippen molar-refractivity contribution in [2.75, 3.05) is 14.2 Å². The molecule has 0 spiro atoms. The van der Waals surface area contributed by atoms with Gasteiger partial charge in [-0.2, -0.15) is 0 Å².